The maximum Gasteiger partial charge on any atom is 0.269 e. The van der Waals surface area contributed by atoms with Crippen molar-refractivity contribution in [3.63, 3.8) is 0 Å². The zero-order valence-corrected chi connectivity index (χ0v) is 16.0. The Morgan fingerprint density at radius 1 is 1.30 bits per heavy atom. The molecule has 0 N–H and O–H groups in total. The molecule has 1 aliphatic heterocycles. The van der Waals surface area contributed by atoms with Crippen LogP contribution < -0.4 is 10.5 Å². The van der Waals surface area contributed by atoms with Crippen molar-refractivity contribution >= 4 is 17.3 Å². The predicted molar refractivity (Wildman–Crippen MR) is 103 cm³/mol. The third-order valence-corrected chi connectivity index (χ3v) is 5.21. The van der Waals surface area contributed by atoms with Crippen LogP contribution in [0.25, 0.3) is 11.3 Å². The molecule has 1 atom stereocenters. The van der Waals surface area contributed by atoms with Gasteiger partial charge in [-0.05, 0) is 31.9 Å². The van der Waals surface area contributed by atoms with E-state index in [-0.39, 0.29) is 12.1 Å². The highest BCUT2D eigenvalue weighted by atomic mass is 35.5. The van der Waals surface area contributed by atoms with Crippen molar-refractivity contribution in [2.75, 3.05) is 11.4 Å². The normalized spacial score (nSPS) is 16.9. The lowest BCUT2D eigenvalue weighted by Crippen LogP contribution is -2.30. The van der Waals surface area contributed by atoms with E-state index in [0.29, 0.717) is 16.9 Å². The maximum atomic E-state index is 12.6. The molecule has 0 bridgehead atoms. The second-order valence-electron chi connectivity index (χ2n) is 6.77. The number of hydrogen-bond donors (Lipinski definition) is 0. The van der Waals surface area contributed by atoms with Gasteiger partial charge in [0.25, 0.3) is 5.56 Å². The summed E-state index contributed by atoms with van der Waals surface area (Å²) in [5.41, 5.74) is 2.96. The van der Waals surface area contributed by atoms with Crippen LogP contribution in [0.2, 0.25) is 5.15 Å². The summed E-state index contributed by atoms with van der Waals surface area (Å²) in [6.07, 6.45) is 5.69. The Bertz CT molecular complexity index is 1010. The Morgan fingerprint density at radius 2 is 2.15 bits per heavy atom. The maximum absolute atomic E-state index is 12.6. The van der Waals surface area contributed by atoms with Gasteiger partial charge in [0.2, 0.25) is 0 Å². The van der Waals surface area contributed by atoms with E-state index in [4.69, 9.17) is 11.6 Å². The highest BCUT2D eigenvalue weighted by molar-refractivity contribution is 6.29. The molecule has 3 aromatic heterocycles. The van der Waals surface area contributed by atoms with E-state index in [2.05, 4.69) is 32.2 Å². The van der Waals surface area contributed by atoms with Gasteiger partial charge < -0.3 is 4.90 Å². The van der Waals surface area contributed by atoms with Crippen LogP contribution in [0.15, 0.2) is 35.4 Å². The predicted octanol–water partition coefficient (Wildman–Crippen LogP) is 2.12. The molecule has 0 spiro atoms. The number of rotatable bonds is 4. The molecule has 9 heteroatoms. The molecule has 3 aromatic rings. The third-order valence-electron chi connectivity index (χ3n) is 4.98. The zero-order chi connectivity index (χ0) is 19.0. The monoisotopic (exact) mass is 385 g/mol. The van der Waals surface area contributed by atoms with E-state index in [9.17, 15) is 4.79 Å². The molecular formula is C18H20ClN7O. The van der Waals surface area contributed by atoms with Crippen LogP contribution in [0, 0.1) is 0 Å². The van der Waals surface area contributed by atoms with E-state index < -0.39 is 0 Å². The second-order valence-corrected chi connectivity index (χ2v) is 7.16. The van der Waals surface area contributed by atoms with E-state index in [1.165, 1.54) is 4.68 Å². The highest BCUT2D eigenvalue weighted by Crippen LogP contribution is 2.24. The van der Waals surface area contributed by atoms with Gasteiger partial charge in [-0.1, -0.05) is 16.8 Å². The molecule has 0 amide bonds. The van der Waals surface area contributed by atoms with Gasteiger partial charge >= 0.3 is 0 Å². The van der Waals surface area contributed by atoms with Crippen molar-refractivity contribution in [2.24, 2.45) is 7.05 Å². The lowest BCUT2D eigenvalue weighted by Gasteiger charge is -2.23. The number of halogens is 1. The van der Waals surface area contributed by atoms with Crippen molar-refractivity contribution in [3.05, 3.63) is 51.8 Å². The summed E-state index contributed by atoms with van der Waals surface area (Å²) >= 11 is 5.86. The Morgan fingerprint density at radius 3 is 2.81 bits per heavy atom. The number of aromatic nitrogens is 6. The van der Waals surface area contributed by atoms with E-state index in [0.717, 1.165) is 36.3 Å². The van der Waals surface area contributed by atoms with Crippen molar-refractivity contribution in [2.45, 2.75) is 32.4 Å². The SMILES string of the molecule is C[C@@H]1CCCN1c1cnn(Cc2c(-c3ccc(Cl)nc3)nnn2C)c(=O)c1. The summed E-state index contributed by atoms with van der Waals surface area (Å²) in [4.78, 5) is 19.0. The molecule has 8 nitrogen and oxygen atoms in total. The fraction of sp³-hybridized carbons (Fsp3) is 0.389. The van der Waals surface area contributed by atoms with Gasteiger partial charge in [0, 0.05) is 37.5 Å². The number of pyridine rings is 1. The topological polar surface area (TPSA) is 81.7 Å². The zero-order valence-electron chi connectivity index (χ0n) is 15.2. The van der Waals surface area contributed by atoms with Gasteiger partial charge in [0.05, 0.1) is 24.1 Å². The van der Waals surface area contributed by atoms with Crippen molar-refractivity contribution in [1.82, 2.24) is 29.8 Å². The Balaban J connectivity index is 1.64. The molecule has 0 aromatic carbocycles. The molecule has 0 unspecified atom stereocenters. The summed E-state index contributed by atoms with van der Waals surface area (Å²) in [6.45, 7) is 3.41. The highest BCUT2D eigenvalue weighted by Gasteiger charge is 2.22. The molecule has 1 aliphatic rings. The first-order valence-electron chi connectivity index (χ1n) is 8.87. The molecule has 140 valence electrons. The van der Waals surface area contributed by atoms with E-state index in [1.54, 1.807) is 36.3 Å². The summed E-state index contributed by atoms with van der Waals surface area (Å²) in [5, 5.41) is 13.1. The average molecular weight is 386 g/mol. The first-order chi connectivity index (χ1) is 13.0. The molecule has 0 saturated carbocycles. The minimum absolute atomic E-state index is 0.145. The number of nitrogens with zero attached hydrogens (tertiary/aromatic N) is 7. The smallest absolute Gasteiger partial charge is 0.269 e. The van der Waals surface area contributed by atoms with E-state index >= 15 is 0 Å². The van der Waals surface area contributed by atoms with Gasteiger partial charge in [0.15, 0.2) is 0 Å². The van der Waals surface area contributed by atoms with Gasteiger partial charge in [-0.25, -0.2) is 14.3 Å². The minimum atomic E-state index is -0.145. The van der Waals surface area contributed by atoms with Gasteiger partial charge in [0.1, 0.15) is 10.8 Å². The van der Waals surface area contributed by atoms with E-state index in [1.807, 2.05) is 6.07 Å². The summed E-state index contributed by atoms with van der Waals surface area (Å²) in [7, 11) is 1.79. The summed E-state index contributed by atoms with van der Waals surface area (Å²) in [6, 6.07) is 5.62. The first kappa shape index (κ1) is 17.7. The number of aryl methyl sites for hydroxylation is 1. The second kappa shape index (κ2) is 7.11. The third kappa shape index (κ3) is 3.44. The van der Waals surface area contributed by atoms with Crippen LogP contribution in [0.3, 0.4) is 0 Å². The Kier molecular flexibility index (Phi) is 4.65. The Hall–Kier alpha value is -2.74. The average Bonchev–Trinajstić information content (AvgIpc) is 3.24. The lowest BCUT2D eigenvalue weighted by atomic mass is 10.1. The van der Waals surface area contributed by atoms with Gasteiger partial charge in [-0.2, -0.15) is 5.10 Å². The molecule has 27 heavy (non-hydrogen) atoms. The number of hydrogen-bond acceptors (Lipinski definition) is 6. The van der Waals surface area contributed by atoms with Crippen LogP contribution in [0.1, 0.15) is 25.5 Å². The van der Waals surface area contributed by atoms with Crippen molar-refractivity contribution in [3.8, 4) is 11.3 Å². The van der Waals surface area contributed by atoms with Crippen LogP contribution in [0.4, 0.5) is 5.69 Å². The minimum Gasteiger partial charge on any atom is -0.367 e. The Labute approximate surface area is 161 Å². The fourth-order valence-electron chi connectivity index (χ4n) is 3.45. The van der Waals surface area contributed by atoms with Crippen molar-refractivity contribution in [1.29, 1.82) is 0 Å². The van der Waals surface area contributed by atoms with Crippen LogP contribution in [-0.4, -0.2) is 42.3 Å². The largest absolute Gasteiger partial charge is 0.367 e. The molecule has 0 radical (unpaired) electrons. The van der Waals surface area contributed by atoms with Gasteiger partial charge in [-0.15, -0.1) is 5.10 Å². The molecule has 0 aliphatic carbocycles. The van der Waals surface area contributed by atoms with Crippen LogP contribution in [-0.2, 0) is 13.6 Å². The number of anilines is 1. The standard InChI is InChI=1S/C18H20ClN7O/c1-12-4-3-7-25(12)14-8-17(27)26(21-10-14)11-15-18(22-23-24(15)2)13-5-6-16(19)20-9-13/h5-6,8-10,12H,3-4,7,11H2,1-2H3/t12-/m1/s1. The molecule has 1 fully saturated rings. The molecular weight excluding hydrogens is 366 g/mol. The quantitative estimate of drug-likeness (QED) is 0.640. The molecule has 1 saturated heterocycles. The van der Waals surface area contributed by atoms with Crippen molar-refractivity contribution < 1.29 is 0 Å². The molecule has 4 heterocycles. The van der Waals surface area contributed by atoms with Crippen LogP contribution >= 0.6 is 11.6 Å². The summed E-state index contributed by atoms with van der Waals surface area (Å²) in [5.74, 6) is 0. The summed E-state index contributed by atoms with van der Waals surface area (Å²) < 4.78 is 3.07. The lowest BCUT2D eigenvalue weighted by molar-refractivity contribution is 0.585. The fourth-order valence-corrected chi connectivity index (χ4v) is 3.56. The molecule has 4 rings (SSSR count). The first-order valence-corrected chi connectivity index (χ1v) is 9.25. The van der Waals surface area contributed by atoms with Crippen LogP contribution in [0.5, 0.6) is 0 Å². The van der Waals surface area contributed by atoms with Gasteiger partial charge in [-0.3, -0.25) is 4.79 Å².